The molecule has 0 aliphatic rings. The Morgan fingerprint density at radius 3 is 2.64 bits per heavy atom. The van der Waals surface area contributed by atoms with Crippen LogP contribution >= 0.6 is 0 Å². The van der Waals surface area contributed by atoms with Crippen LogP contribution in [0, 0.1) is 0 Å². The standard InChI is InChI=1S/C10H12O3S/c1-3-10(11)8-5-4-6-9(7-8)14(2,12)13/h3-7,10-11H,1H2,2H3. The topological polar surface area (TPSA) is 54.4 Å². The van der Waals surface area contributed by atoms with Gasteiger partial charge in [-0.2, -0.15) is 0 Å². The van der Waals surface area contributed by atoms with Crippen LogP contribution in [0.1, 0.15) is 11.7 Å². The second-order valence-corrected chi connectivity index (χ2v) is 5.04. The lowest BCUT2D eigenvalue weighted by Gasteiger charge is -2.06. The highest BCUT2D eigenvalue weighted by Gasteiger charge is 2.09. The summed E-state index contributed by atoms with van der Waals surface area (Å²) < 4.78 is 22.4. The van der Waals surface area contributed by atoms with Crippen LogP contribution in [0.4, 0.5) is 0 Å². The summed E-state index contributed by atoms with van der Waals surface area (Å²) in [6.07, 6.45) is 1.66. The molecule has 1 unspecified atom stereocenters. The minimum absolute atomic E-state index is 0.205. The second-order valence-electron chi connectivity index (χ2n) is 3.03. The molecule has 1 atom stereocenters. The van der Waals surface area contributed by atoms with Crippen LogP contribution in [0.5, 0.6) is 0 Å². The first-order valence-electron chi connectivity index (χ1n) is 4.06. The Hall–Kier alpha value is -1.13. The Labute approximate surface area is 83.6 Å². The summed E-state index contributed by atoms with van der Waals surface area (Å²) in [4.78, 5) is 0.205. The van der Waals surface area contributed by atoms with Crippen LogP contribution in [-0.2, 0) is 9.84 Å². The SMILES string of the molecule is C=CC(O)c1cccc(S(C)(=O)=O)c1. The normalized spacial score (nSPS) is 13.6. The van der Waals surface area contributed by atoms with Gasteiger partial charge >= 0.3 is 0 Å². The summed E-state index contributed by atoms with van der Waals surface area (Å²) in [5, 5.41) is 9.41. The number of sulfone groups is 1. The first-order valence-corrected chi connectivity index (χ1v) is 5.95. The van der Waals surface area contributed by atoms with Crippen LogP contribution in [0.3, 0.4) is 0 Å². The molecule has 0 aliphatic heterocycles. The van der Waals surface area contributed by atoms with E-state index in [-0.39, 0.29) is 4.90 Å². The molecule has 0 amide bonds. The lowest BCUT2D eigenvalue weighted by molar-refractivity contribution is 0.229. The van der Waals surface area contributed by atoms with E-state index in [1.54, 1.807) is 12.1 Å². The minimum atomic E-state index is -3.21. The van der Waals surface area contributed by atoms with Crippen molar-refractivity contribution in [3.8, 4) is 0 Å². The number of aliphatic hydroxyl groups excluding tert-OH is 1. The number of hydrogen-bond acceptors (Lipinski definition) is 3. The first-order chi connectivity index (χ1) is 6.45. The fraction of sp³-hybridized carbons (Fsp3) is 0.200. The van der Waals surface area contributed by atoms with E-state index >= 15 is 0 Å². The molecule has 4 heteroatoms. The van der Waals surface area contributed by atoms with Crippen molar-refractivity contribution in [3.63, 3.8) is 0 Å². The minimum Gasteiger partial charge on any atom is -0.384 e. The summed E-state index contributed by atoms with van der Waals surface area (Å²) in [5.74, 6) is 0. The van der Waals surface area contributed by atoms with Gasteiger partial charge in [0.15, 0.2) is 9.84 Å². The zero-order valence-electron chi connectivity index (χ0n) is 7.84. The first kappa shape index (κ1) is 10.9. The highest BCUT2D eigenvalue weighted by molar-refractivity contribution is 7.90. The summed E-state index contributed by atoms with van der Waals surface area (Å²) in [6.45, 7) is 3.43. The van der Waals surface area contributed by atoms with Crippen molar-refractivity contribution in [2.75, 3.05) is 6.26 Å². The maximum atomic E-state index is 11.2. The molecular formula is C10H12O3S. The summed E-state index contributed by atoms with van der Waals surface area (Å²) in [7, 11) is -3.21. The van der Waals surface area contributed by atoms with Gasteiger partial charge < -0.3 is 5.11 Å². The molecule has 0 radical (unpaired) electrons. The Morgan fingerprint density at radius 2 is 2.14 bits per heavy atom. The van der Waals surface area contributed by atoms with Gasteiger partial charge in [0.05, 0.1) is 11.0 Å². The molecule has 14 heavy (non-hydrogen) atoms. The molecule has 1 aromatic carbocycles. The van der Waals surface area contributed by atoms with E-state index in [1.165, 1.54) is 18.2 Å². The van der Waals surface area contributed by atoms with Crippen molar-refractivity contribution >= 4 is 9.84 Å². The highest BCUT2D eigenvalue weighted by atomic mass is 32.2. The zero-order chi connectivity index (χ0) is 10.8. The van der Waals surface area contributed by atoms with Crippen molar-refractivity contribution in [2.45, 2.75) is 11.0 Å². The van der Waals surface area contributed by atoms with Crippen LogP contribution in [-0.4, -0.2) is 19.8 Å². The zero-order valence-corrected chi connectivity index (χ0v) is 8.66. The molecule has 1 aromatic rings. The second kappa shape index (κ2) is 3.94. The smallest absolute Gasteiger partial charge is 0.175 e. The number of benzene rings is 1. The highest BCUT2D eigenvalue weighted by Crippen LogP contribution is 2.17. The molecule has 0 aromatic heterocycles. The molecule has 0 heterocycles. The van der Waals surface area contributed by atoms with E-state index in [4.69, 9.17) is 0 Å². The van der Waals surface area contributed by atoms with Gasteiger partial charge in [-0.05, 0) is 17.7 Å². The van der Waals surface area contributed by atoms with Gasteiger partial charge in [-0.15, -0.1) is 6.58 Å². The number of aliphatic hydroxyl groups is 1. The van der Waals surface area contributed by atoms with E-state index < -0.39 is 15.9 Å². The molecule has 0 spiro atoms. The van der Waals surface area contributed by atoms with Gasteiger partial charge in [-0.25, -0.2) is 8.42 Å². The molecule has 0 fully saturated rings. The molecule has 0 aliphatic carbocycles. The Kier molecular flexibility index (Phi) is 3.08. The summed E-state index contributed by atoms with van der Waals surface area (Å²) in [5.41, 5.74) is 0.530. The van der Waals surface area contributed by atoms with E-state index in [2.05, 4.69) is 6.58 Å². The fourth-order valence-corrected chi connectivity index (χ4v) is 1.74. The lowest BCUT2D eigenvalue weighted by atomic mass is 10.1. The maximum Gasteiger partial charge on any atom is 0.175 e. The van der Waals surface area contributed by atoms with Crippen LogP contribution in [0.25, 0.3) is 0 Å². The predicted octanol–water partition coefficient (Wildman–Crippen LogP) is 1.31. The van der Waals surface area contributed by atoms with Crippen molar-refractivity contribution in [3.05, 3.63) is 42.5 Å². The van der Waals surface area contributed by atoms with E-state index in [0.717, 1.165) is 6.26 Å². The molecule has 3 nitrogen and oxygen atoms in total. The maximum absolute atomic E-state index is 11.2. The quantitative estimate of drug-likeness (QED) is 0.768. The largest absolute Gasteiger partial charge is 0.384 e. The van der Waals surface area contributed by atoms with Gasteiger partial charge in [-0.3, -0.25) is 0 Å². The molecule has 1 rings (SSSR count). The van der Waals surface area contributed by atoms with Crippen molar-refractivity contribution in [2.24, 2.45) is 0 Å². The van der Waals surface area contributed by atoms with Gasteiger partial charge in [0, 0.05) is 6.26 Å². The van der Waals surface area contributed by atoms with Crippen LogP contribution in [0.15, 0.2) is 41.8 Å². The van der Waals surface area contributed by atoms with Gasteiger partial charge in [0.2, 0.25) is 0 Å². The van der Waals surface area contributed by atoms with E-state index in [1.807, 2.05) is 0 Å². The van der Waals surface area contributed by atoms with Gasteiger partial charge in [-0.1, -0.05) is 18.2 Å². The van der Waals surface area contributed by atoms with Crippen molar-refractivity contribution < 1.29 is 13.5 Å². The number of rotatable bonds is 3. The third-order valence-electron chi connectivity index (χ3n) is 1.85. The van der Waals surface area contributed by atoms with Crippen LogP contribution in [0.2, 0.25) is 0 Å². The third-order valence-corrected chi connectivity index (χ3v) is 2.96. The molecule has 0 bridgehead atoms. The lowest BCUT2D eigenvalue weighted by Crippen LogP contribution is -1.99. The third kappa shape index (κ3) is 2.43. The summed E-state index contributed by atoms with van der Waals surface area (Å²) in [6, 6.07) is 6.19. The van der Waals surface area contributed by atoms with Crippen LogP contribution < -0.4 is 0 Å². The molecular weight excluding hydrogens is 200 g/mol. The molecule has 1 N–H and O–H groups in total. The number of hydrogen-bond donors (Lipinski definition) is 1. The van der Waals surface area contributed by atoms with E-state index in [0.29, 0.717) is 5.56 Å². The van der Waals surface area contributed by atoms with Crippen molar-refractivity contribution in [1.29, 1.82) is 0 Å². The monoisotopic (exact) mass is 212 g/mol. The van der Waals surface area contributed by atoms with Gasteiger partial charge in [0.25, 0.3) is 0 Å². The Balaban J connectivity index is 3.20. The predicted molar refractivity (Wildman–Crippen MR) is 54.7 cm³/mol. The molecule has 0 saturated heterocycles. The molecule has 76 valence electrons. The average Bonchev–Trinajstić information content (AvgIpc) is 2.15. The molecule has 0 saturated carbocycles. The van der Waals surface area contributed by atoms with Gasteiger partial charge in [0.1, 0.15) is 0 Å². The van der Waals surface area contributed by atoms with E-state index in [9.17, 15) is 13.5 Å². The fourth-order valence-electron chi connectivity index (χ4n) is 1.07. The average molecular weight is 212 g/mol. The summed E-state index contributed by atoms with van der Waals surface area (Å²) >= 11 is 0. The Morgan fingerprint density at radius 1 is 1.50 bits per heavy atom. The Bertz CT molecular complexity index is 434. The van der Waals surface area contributed by atoms with Crippen molar-refractivity contribution in [1.82, 2.24) is 0 Å².